The molecule has 0 aliphatic heterocycles. The van der Waals surface area contributed by atoms with Crippen LogP contribution in [0.3, 0.4) is 0 Å². The van der Waals surface area contributed by atoms with Gasteiger partial charge in [-0.25, -0.2) is 9.18 Å². The number of carbonyl (C=O) groups is 2. The Kier molecular flexibility index (Phi) is 6.49. The van der Waals surface area contributed by atoms with E-state index in [1.165, 1.54) is 13.2 Å². The second-order valence-corrected chi connectivity index (χ2v) is 8.49. The van der Waals surface area contributed by atoms with Crippen LogP contribution >= 0.6 is 11.3 Å². The lowest BCUT2D eigenvalue weighted by Crippen LogP contribution is -2.18. The Bertz CT molecular complexity index is 1390. The molecule has 5 nitrogen and oxygen atoms in total. The molecule has 4 aromatic rings. The van der Waals surface area contributed by atoms with Crippen LogP contribution in [-0.2, 0) is 6.18 Å². The first-order chi connectivity index (χ1) is 16.6. The Morgan fingerprint density at radius 2 is 1.83 bits per heavy atom. The smallest absolute Gasteiger partial charge is 0.416 e. The quantitative estimate of drug-likeness (QED) is 0.219. The fourth-order valence-corrected chi connectivity index (χ4v) is 4.51. The van der Waals surface area contributed by atoms with Gasteiger partial charge in [-0.15, -0.1) is 11.3 Å². The lowest BCUT2D eigenvalue weighted by molar-refractivity contribution is -0.137. The van der Waals surface area contributed by atoms with Crippen LogP contribution in [0.1, 0.15) is 42.8 Å². The van der Waals surface area contributed by atoms with Gasteiger partial charge < -0.3 is 14.8 Å². The minimum Gasteiger partial charge on any atom is -0.496 e. The summed E-state index contributed by atoms with van der Waals surface area (Å²) in [6.07, 6.45) is -3.19. The number of carboxylic acids is 1. The van der Waals surface area contributed by atoms with E-state index in [0.29, 0.717) is 40.3 Å². The maximum absolute atomic E-state index is 14.7. The lowest BCUT2D eigenvalue weighted by Gasteiger charge is -2.20. The van der Waals surface area contributed by atoms with E-state index in [4.69, 9.17) is 4.74 Å². The van der Waals surface area contributed by atoms with Gasteiger partial charge in [-0.1, -0.05) is 6.07 Å². The van der Waals surface area contributed by atoms with E-state index in [0.717, 1.165) is 17.4 Å². The Labute approximate surface area is 200 Å². The van der Waals surface area contributed by atoms with E-state index in [-0.39, 0.29) is 4.88 Å². The number of alkyl halides is 3. The number of ether oxygens (including phenoxy) is 1. The molecule has 10 heteroatoms. The van der Waals surface area contributed by atoms with Gasteiger partial charge in [-0.05, 0) is 65.0 Å². The zero-order valence-electron chi connectivity index (χ0n) is 18.0. The van der Waals surface area contributed by atoms with Crippen molar-refractivity contribution in [3.8, 4) is 16.9 Å². The average Bonchev–Trinajstić information content (AvgIpc) is 3.51. The van der Waals surface area contributed by atoms with Crippen LogP contribution in [0.5, 0.6) is 5.75 Å². The number of hydrogen-bond donors (Lipinski definition) is 2. The van der Waals surface area contributed by atoms with Gasteiger partial charge in [0.25, 0.3) is 0 Å². The number of aromatic carboxylic acids is 1. The van der Waals surface area contributed by atoms with Crippen molar-refractivity contribution in [2.75, 3.05) is 7.11 Å². The number of methoxy groups -OCH3 is 1. The maximum atomic E-state index is 14.7. The summed E-state index contributed by atoms with van der Waals surface area (Å²) < 4.78 is 59.2. The number of carbonyl (C=O) groups excluding carboxylic acids is 1. The third kappa shape index (κ3) is 4.83. The van der Waals surface area contributed by atoms with E-state index < -0.39 is 40.8 Å². The van der Waals surface area contributed by atoms with E-state index in [9.17, 15) is 32.3 Å². The molecular formula is C25H17F4NO4S. The fourth-order valence-electron chi connectivity index (χ4n) is 3.76. The molecule has 180 valence electrons. The van der Waals surface area contributed by atoms with Gasteiger partial charge in [0.05, 0.1) is 24.2 Å². The minimum atomic E-state index is -4.76. The highest BCUT2D eigenvalue weighted by Crippen LogP contribution is 2.39. The number of halogens is 4. The number of aromatic amines is 1. The highest BCUT2D eigenvalue weighted by molar-refractivity contribution is 7.12. The fraction of sp³-hybridized carbons (Fsp3) is 0.120. The Morgan fingerprint density at radius 1 is 1.06 bits per heavy atom. The normalized spacial score (nSPS) is 12.4. The molecule has 0 radical (unpaired) electrons. The predicted octanol–water partition coefficient (Wildman–Crippen LogP) is 6.62. The van der Waals surface area contributed by atoms with Gasteiger partial charge in [-0.2, -0.15) is 13.2 Å². The zero-order valence-corrected chi connectivity index (χ0v) is 18.8. The van der Waals surface area contributed by atoms with Gasteiger partial charge in [0.15, 0.2) is 5.78 Å². The first-order valence-corrected chi connectivity index (χ1v) is 11.0. The molecule has 4 rings (SSSR count). The number of ketones is 1. The molecule has 1 unspecified atom stereocenters. The Morgan fingerprint density at radius 3 is 2.40 bits per heavy atom. The molecule has 2 N–H and O–H groups in total. The van der Waals surface area contributed by atoms with Crippen LogP contribution in [0.15, 0.2) is 66.2 Å². The topological polar surface area (TPSA) is 79.4 Å². The van der Waals surface area contributed by atoms with Crippen molar-refractivity contribution >= 4 is 23.1 Å². The van der Waals surface area contributed by atoms with Crippen molar-refractivity contribution < 1.29 is 37.0 Å². The minimum absolute atomic E-state index is 0.126. The number of aromatic nitrogens is 1. The number of H-pyrrole nitrogens is 1. The largest absolute Gasteiger partial charge is 0.496 e. The van der Waals surface area contributed by atoms with Crippen molar-refractivity contribution in [2.24, 2.45) is 0 Å². The Balaban J connectivity index is 1.84. The van der Waals surface area contributed by atoms with Crippen molar-refractivity contribution in [1.82, 2.24) is 4.98 Å². The van der Waals surface area contributed by atoms with Crippen LogP contribution in [0.25, 0.3) is 11.1 Å². The first-order valence-electron chi connectivity index (χ1n) is 10.1. The van der Waals surface area contributed by atoms with Crippen molar-refractivity contribution in [2.45, 2.75) is 12.1 Å². The molecule has 2 aromatic heterocycles. The second-order valence-electron chi connectivity index (χ2n) is 7.58. The maximum Gasteiger partial charge on any atom is 0.416 e. The van der Waals surface area contributed by atoms with Crippen molar-refractivity contribution in [3.63, 3.8) is 0 Å². The molecule has 0 amide bonds. The van der Waals surface area contributed by atoms with Crippen LogP contribution in [0, 0.1) is 5.82 Å². The summed E-state index contributed by atoms with van der Waals surface area (Å²) in [6.45, 7) is 0. The number of thiophene rings is 1. The first kappa shape index (κ1) is 24.2. The zero-order chi connectivity index (χ0) is 25.3. The van der Waals surface area contributed by atoms with E-state index >= 15 is 0 Å². The number of Topliss-reactive ketones (excluding diaryl/α,β-unsaturated/α-hetero) is 1. The van der Waals surface area contributed by atoms with Gasteiger partial charge in [0.1, 0.15) is 16.4 Å². The van der Waals surface area contributed by atoms with Gasteiger partial charge in [0.2, 0.25) is 0 Å². The second kappa shape index (κ2) is 9.38. The highest BCUT2D eigenvalue weighted by Gasteiger charge is 2.34. The molecular weight excluding hydrogens is 486 g/mol. The van der Waals surface area contributed by atoms with Gasteiger partial charge >= 0.3 is 12.1 Å². The molecule has 1 atom stereocenters. The van der Waals surface area contributed by atoms with Crippen LogP contribution in [-0.4, -0.2) is 29.0 Å². The van der Waals surface area contributed by atoms with Crippen LogP contribution in [0.4, 0.5) is 17.6 Å². The molecule has 0 fully saturated rings. The molecule has 0 saturated carbocycles. The van der Waals surface area contributed by atoms with Gasteiger partial charge in [-0.3, -0.25) is 4.79 Å². The molecule has 0 spiro atoms. The van der Waals surface area contributed by atoms with E-state index in [2.05, 4.69) is 4.98 Å². The van der Waals surface area contributed by atoms with Crippen LogP contribution in [0.2, 0.25) is 0 Å². The summed E-state index contributed by atoms with van der Waals surface area (Å²) in [5.74, 6) is -3.98. The summed E-state index contributed by atoms with van der Waals surface area (Å²) in [7, 11) is 1.39. The highest BCUT2D eigenvalue weighted by atomic mass is 32.1. The predicted molar refractivity (Wildman–Crippen MR) is 122 cm³/mol. The van der Waals surface area contributed by atoms with E-state index in [1.807, 2.05) is 0 Å². The standard InChI is InChI=1S/C25H17F4NO4S/c1-34-20-7-4-13(14-10-21(24(32)33)35-12-14)9-17(20)22(19-3-2-8-30-19)23(31)16-6-5-15(11-18(16)26)25(27,28)29/h2-12,22,30H,1H3,(H,32,33). The molecule has 2 heterocycles. The summed E-state index contributed by atoms with van der Waals surface area (Å²) in [6, 6.07) is 11.4. The molecule has 35 heavy (non-hydrogen) atoms. The lowest BCUT2D eigenvalue weighted by atomic mass is 9.85. The summed E-state index contributed by atoms with van der Waals surface area (Å²) in [5, 5.41) is 10.9. The third-order valence-corrected chi connectivity index (χ3v) is 6.36. The summed E-state index contributed by atoms with van der Waals surface area (Å²) in [4.78, 5) is 27.9. The molecule has 0 aliphatic rings. The average molecular weight is 503 g/mol. The third-order valence-electron chi connectivity index (χ3n) is 5.44. The molecule has 2 aromatic carbocycles. The number of nitrogens with one attached hydrogen (secondary N) is 1. The summed E-state index contributed by atoms with van der Waals surface area (Å²) >= 11 is 1.04. The molecule has 0 bridgehead atoms. The number of carboxylic acid groups (broad SMARTS) is 1. The number of rotatable bonds is 7. The molecule has 0 saturated heterocycles. The SMILES string of the molecule is COc1ccc(-c2csc(C(=O)O)c2)cc1C(C(=O)c1ccc(C(F)(F)F)cc1F)c1ccc[nH]1. The number of hydrogen-bond acceptors (Lipinski definition) is 4. The van der Waals surface area contributed by atoms with E-state index in [1.54, 1.807) is 41.9 Å². The monoisotopic (exact) mass is 503 g/mol. The van der Waals surface area contributed by atoms with Crippen molar-refractivity contribution in [1.29, 1.82) is 0 Å². The summed E-state index contributed by atoms with van der Waals surface area (Å²) in [5.41, 5.74) is 0.181. The number of benzene rings is 2. The molecule has 0 aliphatic carbocycles. The van der Waals surface area contributed by atoms with Gasteiger partial charge in [0, 0.05) is 17.5 Å². The Hall–Kier alpha value is -3.92. The van der Waals surface area contributed by atoms with Crippen LogP contribution < -0.4 is 4.74 Å². The van der Waals surface area contributed by atoms with Crippen molar-refractivity contribution in [3.05, 3.63) is 99.3 Å².